The van der Waals surface area contributed by atoms with Crippen molar-refractivity contribution in [1.82, 2.24) is 5.43 Å². The summed E-state index contributed by atoms with van der Waals surface area (Å²) >= 11 is 0. The van der Waals surface area contributed by atoms with E-state index in [4.69, 9.17) is 9.52 Å². The van der Waals surface area contributed by atoms with Crippen molar-refractivity contribution in [1.29, 1.82) is 0 Å². The number of hydrogen-bond acceptors (Lipinski definition) is 4. The average molecular weight is 298 g/mol. The topological polar surface area (TPSA) is 91.9 Å². The first kappa shape index (κ1) is 14.1. The Kier molecular flexibility index (Phi) is 3.74. The molecule has 0 saturated carbocycles. The molecule has 6 heteroatoms. The summed E-state index contributed by atoms with van der Waals surface area (Å²) < 4.78 is 5.30. The van der Waals surface area contributed by atoms with Gasteiger partial charge in [-0.25, -0.2) is 10.2 Å². The summed E-state index contributed by atoms with van der Waals surface area (Å²) in [4.78, 5) is 23.0. The summed E-state index contributed by atoms with van der Waals surface area (Å²) in [5, 5.41) is 13.1. The van der Waals surface area contributed by atoms with Crippen LogP contribution in [0, 0.1) is 0 Å². The van der Waals surface area contributed by atoms with Crippen LogP contribution in [-0.4, -0.2) is 22.7 Å². The van der Waals surface area contributed by atoms with Crippen molar-refractivity contribution >= 4 is 17.6 Å². The van der Waals surface area contributed by atoms with Crippen LogP contribution < -0.4 is 5.43 Å². The average Bonchev–Trinajstić information content (AvgIpc) is 2.98. The predicted molar refractivity (Wildman–Crippen MR) is 79.1 cm³/mol. The number of hydrogen-bond donors (Lipinski definition) is 2. The van der Waals surface area contributed by atoms with Crippen molar-refractivity contribution in [2.45, 2.75) is 19.3 Å². The smallest absolute Gasteiger partial charge is 0.371 e. The third-order valence-electron chi connectivity index (χ3n) is 3.48. The molecule has 1 aromatic heterocycles. The van der Waals surface area contributed by atoms with E-state index in [0.29, 0.717) is 35.4 Å². The van der Waals surface area contributed by atoms with E-state index in [1.165, 1.54) is 6.07 Å². The fraction of sp³-hybridized carbons (Fsp3) is 0.188. The second-order valence-electron chi connectivity index (χ2n) is 4.97. The molecule has 0 atom stereocenters. The zero-order valence-corrected chi connectivity index (χ0v) is 11.7. The molecule has 0 saturated heterocycles. The number of aryl methyl sites for hydroxylation is 1. The van der Waals surface area contributed by atoms with Gasteiger partial charge in [0.05, 0.1) is 5.71 Å². The van der Waals surface area contributed by atoms with E-state index in [-0.39, 0.29) is 11.7 Å². The summed E-state index contributed by atoms with van der Waals surface area (Å²) in [5.41, 5.74) is 4.33. The van der Waals surface area contributed by atoms with Crippen molar-refractivity contribution in [3.8, 4) is 0 Å². The lowest BCUT2D eigenvalue weighted by Crippen LogP contribution is -2.21. The number of benzene rings is 1. The molecule has 112 valence electrons. The van der Waals surface area contributed by atoms with Crippen molar-refractivity contribution in [3.05, 3.63) is 59.0 Å². The largest absolute Gasteiger partial charge is 0.475 e. The summed E-state index contributed by atoms with van der Waals surface area (Å²) in [6.07, 6.45) is 2.15. The summed E-state index contributed by atoms with van der Waals surface area (Å²) in [6.45, 7) is 0. The van der Waals surface area contributed by atoms with Crippen molar-refractivity contribution in [3.63, 3.8) is 0 Å². The van der Waals surface area contributed by atoms with Crippen LogP contribution in [-0.2, 0) is 6.42 Å². The molecule has 1 aliphatic carbocycles. The zero-order chi connectivity index (χ0) is 15.5. The molecular weight excluding hydrogens is 284 g/mol. The second kappa shape index (κ2) is 5.85. The quantitative estimate of drug-likeness (QED) is 0.851. The Morgan fingerprint density at radius 3 is 2.68 bits per heavy atom. The fourth-order valence-corrected chi connectivity index (χ4v) is 2.40. The van der Waals surface area contributed by atoms with E-state index in [9.17, 15) is 9.59 Å². The Bertz CT molecular complexity index is 747. The molecule has 1 amide bonds. The van der Waals surface area contributed by atoms with Gasteiger partial charge in [0.15, 0.2) is 0 Å². The number of amides is 1. The van der Waals surface area contributed by atoms with Crippen LogP contribution in [0.15, 0.2) is 45.9 Å². The van der Waals surface area contributed by atoms with E-state index >= 15 is 0 Å². The zero-order valence-electron chi connectivity index (χ0n) is 11.7. The minimum Gasteiger partial charge on any atom is -0.475 e. The second-order valence-corrected chi connectivity index (χ2v) is 4.97. The Morgan fingerprint density at radius 2 is 1.95 bits per heavy atom. The summed E-state index contributed by atoms with van der Waals surface area (Å²) in [5.74, 6) is -0.908. The predicted octanol–water partition coefficient (Wildman–Crippen LogP) is 2.45. The molecule has 1 heterocycles. The van der Waals surface area contributed by atoms with Crippen LogP contribution in [0.3, 0.4) is 0 Å². The van der Waals surface area contributed by atoms with E-state index < -0.39 is 5.97 Å². The normalized spacial score (nSPS) is 15.4. The molecule has 0 fully saturated rings. The number of carboxylic acids is 1. The van der Waals surface area contributed by atoms with Crippen molar-refractivity contribution in [2.24, 2.45) is 5.10 Å². The Morgan fingerprint density at radius 1 is 1.18 bits per heavy atom. The molecule has 0 bridgehead atoms. The van der Waals surface area contributed by atoms with Gasteiger partial charge in [-0.15, -0.1) is 0 Å². The standard InChI is InChI=1S/C16H14N2O4/c19-15(10-5-2-1-3-6-10)18-17-12-7-4-8-13-11(12)9-14(22-13)16(20)21/h1-3,5-6,9H,4,7-8H2,(H,18,19)(H,20,21)/b17-12-. The number of furan rings is 1. The van der Waals surface area contributed by atoms with Gasteiger partial charge in [0.1, 0.15) is 5.76 Å². The molecular formula is C16H14N2O4. The van der Waals surface area contributed by atoms with Crippen LogP contribution >= 0.6 is 0 Å². The van der Waals surface area contributed by atoms with Gasteiger partial charge in [-0.1, -0.05) is 18.2 Å². The number of hydrazone groups is 1. The highest BCUT2D eigenvalue weighted by Crippen LogP contribution is 2.25. The van der Waals surface area contributed by atoms with Crippen LogP contribution in [0.2, 0.25) is 0 Å². The van der Waals surface area contributed by atoms with Gasteiger partial charge in [0.2, 0.25) is 5.76 Å². The van der Waals surface area contributed by atoms with Gasteiger partial charge in [-0.3, -0.25) is 4.79 Å². The molecule has 22 heavy (non-hydrogen) atoms. The Labute approximate surface area is 126 Å². The molecule has 0 radical (unpaired) electrons. The van der Waals surface area contributed by atoms with Crippen LogP contribution in [0.4, 0.5) is 0 Å². The number of carbonyl (C=O) groups excluding carboxylic acids is 1. The number of carbonyl (C=O) groups is 2. The Balaban J connectivity index is 1.82. The van der Waals surface area contributed by atoms with E-state index in [1.54, 1.807) is 24.3 Å². The number of carboxylic acid groups (broad SMARTS) is 1. The lowest BCUT2D eigenvalue weighted by atomic mass is 9.96. The first-order chi connectivity index (χ1) is 10.6. The third-order valence-corrected chi connectivity index (χ3v) is 3.48. The third kappa shape index (κ3) is 2.76. The Hall–Kier alpha value is -2.89. The first-order valence-corrected chi connectivity index (χ1v) is 6.93. The highest BCUT2D eigenvalue weighted by Gasteiger charge is 2.23. The SMILES string of the molecule is O=C(N/N=C1/CCCc2oc(C(=O)O)cc21)c1ccccc1. The molecule has 2 N–H and O–H groups in total. The maximum Gasteiger partial charge on any atom is 0.371 e. The monoisotopic (exact) mass is 298 g/mol. The maximum atomic E-state index is 12.0. The first-order valence-electron chi connectivity index (χ1n) is 6.93. The van der Waals surface area contributed by atoms with Crippen LogP contribution in [0.25, 0.3) is 0 Å². The molecule has 2 aromatic rings. The van der Waals surface area contributed by atoms with E-state index in [2.05, 4.69) is 10.5 Å². The van der Waals surface area contributed by atoms with Gasteiger partial charge < -0.3 is 9.52 Å². The van der Waals surface area contributed by atoms with Gasteiger partial charge >= 0.3 is 5.97 Å². The number of nitrogens with zero attached hydrogens (tertiary/aromatic N) is 1. The molecule has 1 aliphatic rings. The number of rotatable bonds is 3. The number of aromatic carboxylic acids is 1. The van der Waals surface area contributed by atoms with E-state index in [0.717, 1.165) is 6.42 Å². The number of nitrogens with one attached hydrogen (secondary N) is 1. The van der Waals surface area contributed by atoms with Gasteiger partial charge in [0, 0.05) is 23.6 Å². The fourth-order valence-electron chi connectivity index (χ4n) is 2.40. The van der Waals surface area contributed by atoms with Crippen LogP contribution in [0.5, 0.6) is 0 Å². The minimum atomic E-state index is -1.11. The lowest BCUT2D eigenvalue weighted by Gasteiger charge is -2.12. The van der Waals surface area contributed by atoms with E-state index in [1.807, 2.05) is 6.07 Å². The minimum absolute atomic E-state index is 0.103. The lowest BCUT2D eigenvalue weighted by molar-refractivity contribution is 0.0660. The summed E-state index contributed by atoms with van der Waals surface area (Å²) in [7, 11) is 0. The van der Waals surface area contributed by atoms with Crippen molar-refractivity contribution < 1.29 is 19.1 Å². The molecule has 0 spiro atoms. The number of fused-ring (bicyclic) bond motifs is 1. The molecule has 3 rings (SSSR count). The van der Waals surface area contributed by atoms with Gasteiger partial charge in [-0.05, 0) is 25.0 Å². The highest BCUT2D eigenvalue weighted by atomic mass is 16.4. The highest BCUT2D eigenvalue weighted by molar-refractivity contribution is 6.05. The van der Waals surface area contributed by atoms with Crippen molar-refractivity contribution in [2.75, 3.05) is 0 Å². The maximum absolute atomic E-state index is 12.0. The molecule has 6 nitrogen and oxygen atoms in total. The van der Waals surface area contributed by atoms with Gasteiger partial charge in [0.25, 0.3) is 5.91 Å². The summed E-state index contributed by atoms with van der Waals surface area (Å²) in [6, 6.07) is 10.2. The molecule has 0 aliphatic heterocycles. The van der Waals surface area contributed by atoms with Crippen LogP contribution in [0.1, 0.15) is 45.1 Å². The van der Waals surface area contributed by atoms with Gasteiger partial charge in [-0.2, -0.15) is 5.10 Å². The molecule has 0 unspecified atom stereocenters. The molecule has 1 aromatic carbocycles.